The summed E-state index contributed by atoms with van der Waals surface area (Å²) in [6.45, 7) is 5.54. The number of aromatic nitrogens is 2. The Kier molecular flexibility index (Phi) is 5.84. The van der Waals surface area contributed by atoms with Gasteiger partial charge in [-0.25, -0.2) is 0 Å². The van der Waals surface area contributed by atoms with Gasteiger partial charge in [-0.15, -0.1) is 10.2 Å². The molecule has 1 saturated carbocycles. The van der Waals surface area contributed by atoms with Crippen LogP contribution < -0.4 is 0 Å². The molecule has 1 aromatic rings. The van der Waals surface area contributed by atoms with Crippen molar-refractivity contribution in [2.75, 3.05) is 26.4 Å². The Bertz CT molecular complexity index is 540. The monoisotopic (exact) mass is 337 g/mol. The maximum Gasteiger partial charge on any atom is 0.249 e. The molecule has 1 atom stereocenters. The molecule has 0 unspecified atom stereocenters. The third kappa shape index (κ3) is 4.13. The number of rotatable bonds is 5. The van der Waals surface area contributed by atoms with E-state index in [1.54, 1.807) is 4.90 Å². The number of morpholine rings is 1. The summed E-state index contributed by atoms with van der Waals surface area (Å²) in [5.74, 6) is 1.17. The molecule has 0 bridgehead atoms. The predicted octanol–water partition coefficient (Wildman–Crippen LogP) is 2.44. The molecule has 3 rings (SSSR count). The van der Waals surface area contributed by atoms with Crippen LogP contribution in [0.1, 0.15) is 69.7 Å². The van der Waals surface area contributed by atoms with Gasteiger partial charge in [-0.05, 0) is 12.8 Å². The molecule has 0 aromatic carbocycles. The van der Waals surface area contributed by atoms with Crippen molar-refractivity contribution in [2.24, 2.45) is 0 Å². The highest BCUT2D eigenvalue weighted by Crippen LogP contribution is 2.26. The molecule has 2 fully saturated rings. The summed E-state index contributed by atoms with van der Waals surface area (Å²) >= 11 is 0. The fourth-order valence-electron chi connectivity index (χ4n) is 3.23. The van der Waals surface area contributed by atoms with Crippen LogP contribution in [-0.4, -0.2) is 53.5 Å². The fourth-order valence-corrected chi connectivity index (χ4v) is 3.23. The lowest BCUT2D eigenvalue weighted by molar-refractivity contribution is -0.148. The maximum atomic E-state index is 12.6. The zero-order valence-electron chi connectivity index (χ0n) is 14.6. The first kappa shape index (κ1) is 17.4. The van der Waals surface area contributed by atoms with Crippen molar-refractivity contribution in [1.82, 2.24) is 15.1 Å². The van der Waals surface area contributed by atoms with E-state index in [-0.39, 0.29) is 30.6 Å². The third-order valence-corrected chi connectivity index (χ3v) is 4.68. The quantitative estimate of drug-likeness (QED) is 0.821. The number of nitrogens with zero attached hydrogens (tertiary/aromatic N) is 3. The summed E-state index contributed by atoms with van der Waals surface area (Å²) < 4.78 is 17.1. The van der Waals surface area contributed by atoms with Crippen LogP contribution in [0.3, 0.4) is 0 Å². The summed E-state index contributed by atoms with van der Waals surface area (Å²) in [5, 5.41) is 8.18. The molecular weight excluding hydrogens is 310 g/mol. The van der Waals surface area contributed by atoms with Crippen LogP contribution in [0.25, 0.3) is 0 Å². The molecule has 7 nitrogen and oxygen atoms in total. The molecule has 1 saturated heterocycles. The van der Waals surface area contributed by atoms with Crippen LogP contribution in [0.4, 0.5) is 0 Å². The van der Waals surface area contributed by atoms with E-state index in [2.05, 4.69) is 10.2 Å². The molecule has 0 spiro atoms. The lowest BCUT2D eigenvalue weighted by Gasteiger charge is -2.34. The van der Waals surface area contributed by atoms with Crippen LogP contribution in [0.2, 0.25) is 0 Å². The minimum absolute atomic E-state index is 0.0295. The zero-order chi connectivity index (χ0) is 16.9. The summed E-state index contributed by atoms with van der Waals surface area (Å²) in [7, 11) is 0. The summed E-state index contributed by atoms with van der Waals surface area (Å²) in [6.07, 6.45) is 5.99. The van der Waals surface area contributed by atoms with Gasteiger partial charge in [-0.3, -0.25) is 4.79 Å². The van der Waals surface area contributed by atoms with Crippen LogP contribution in [-0.2, 0) is 14.3 Å². The van der Waals surface area contributed by atoms with Gasteiger partial charge in [0.25, 0.3) is 0 Å². The first-order chi connectivity index (χ1) is 11.6. The summed E-state index contributed by atoms with van der Waals surface area (Å²) in [4.78, 5) is 14.4. The second-order valence-corrected chi connectivity index (χ2v) is 6.88. The molecule has 1 aliphatic carbocycles. The van der Waals surface area contributed by atoms with Crippen molar-refractivity contribution in [3.63, 3.8) is 0 Å². The van der Waals surface area contributed by atoms with Gasteiger partial charge in [-0.2, -0.15) is 0 Å². The number of ether oxygens (including phenoxy) is 2. The molecule has 1 aromatic heterocycles. The Morgan fingerprint density at radius 2 is 2.08 bits per heavy atom. The third-order valence-electron chi connectivity index (χ3n) is 4.68. The molecule has 7 heteroatoms. The number of hydrogen-bond donors (Lipinski definition) is 0. The van der Waals surface area contributed by atoms with Gasteiger partial charge in [0, 0.05) is 12.5 Å². The average molecular weight is 337 g/mol. The van der Waals surface area contributed by atoms with Crippen LogP contribution in [0, 0.1) is 0 Å². The van der Waals surface area contributed by atoms with Gasteiger partial charge in [0.05, 0.1) is 19.3 Å². The van der Waals surface area contributed by atoms with Gasteiger partial charge in [0.15, 0.2) is 0 Å². The lowest BCUT2D eigenvalue weighted by atomic mass is 9.98. The minimum Gasteiger partial charge on any atom is -0.423 e. The number of carbonyl (C=O) groups is 1. The molecule has 2 heterocycles. The predicted molar refractivity (Wildman–Crippen MR) is 86.5 cm³/mol. The van der Waals surface area contributed by atoms with Crippen LogP contribution in [0.15, 0.2) is 4.42 Å². The fraction of sp³-hybridized carbons (Fsp3) is 0.824. The average Bonchev–Trinajstić information content (AvgIpc) is 3.11. The highest BCUT2D eigenvalue weighted by Gasteiger charge is 2.33. The molecule has 1 aliphatic heterocycles. The van der Waals surface area contributed by atoms with Gasteiger partial charge >= 0.3 is 0 Å². The van der Waals surface area contributed by atoms with E-state index in [1.807, 2.05) is 13.8 Å². The van der Waals surface area contributed by atoms with Gasteiger partial charge in [-0.1, -0.05) is 33.1 Å². The van der Waals surface area contributed by atoms with Gasteiger partial charge in [0.1, 0.15) is 12.6 Å². The first-order valence-electron chi connectivity index (χ1n) is 8.97. The van der Waals surface area contributed by atoms with Crippen molar-refractivity contribution in [3.8, 4) is 0 Å². The lowest BCUT2D eigenvalue weighted by Crippen LogP contribution is -2.45. The molecule has 0 N–H and O–H groups in total. The number of hydrogen-bond acceptors (Lipinski definition) is 6. The van der Waals surface area contributed by atoms with E-state index < -0.39 is 0 Å². The largest absolute Gasteiger partial charge is 0.423 e. The van der Waals surface area contributed by atoms with Crippen molar-refractivity contribution >= 4 is 5.91 Å². The van der Waals surface area contributed by atoms with E-state index in [0.717, 1.165) is 12.8 Å². The minimum atomic E-state index is -0.318. The van der Waals surface area contributed by atoms with E-state index in [0.29, 0.717) is 31.5 Å². The smallest absolute Gasteiger partial charge is 0.249 e. The number of carbonyl (C=O) groups excluding carboxylic acids is 1. The molecule has 1 amide bonds. The summed E-state index contributed by atoms with van der Waals surface area (Å²) in [6, 6.07) is -0.318. The Labute approximate surface area is 142 Å². The topological polar surface area (TPSA) is 77.7 Å². The van der Waals surface area contributed by atoms with Gasteiger partial charge < -0.3 is 18.8 Å². The summed E-state index contributed by atoms with van der Waals surface area (Å²) in [5.41, 5.74) is 0. The Hall–Kier alpha value is -1.47. The molecule has 0 radical (unpaired) electrons. The van der Waals surface area contributed by atoms with E-state index >= 15 is 0 Å². The highest BCUT2D eigenvalue weighted by atomic mass is 16.5. The molecular formula is C17H27N3O4. The SMILES string of the molecule is CC(C)c1nnc([C@@H]2COCCN2C(=O)COC2CCCCC2)o1. The highest BCUT2D eigenvalue weighted by molar-refractivity contribution is 5.78. The first-order valence-corrected chi connectivity index (χ1v) is 8.97. The van der Waals surface area contributed by atoms with E-state index in [4.69, 9.17) is 13.9 Å². The van der Waals surface area contributed by atoms with Crippen molar-refractivity contribution in [3.05, 3.63) is 11.8 Å². The molecule has 134 valence electrons. The van der Waals surface area contributed by atoms with Crippen molar-refractivity contribution in [1.29, 1.82) is 0 Å². The second kappa shape index (κ2) is 8.07. The van der Waals surface area contributed by atoms with Crippen molar-refractivity contribution < 1.29 is 18.7 Å². The maximum absolute atomic E-state index is 12.6. The molecule has 24 heavy (non-hydrogen) atoms. The Morgan fingerprint density at radius 1 is 1.29 bits per heavy atom. The Balaban J connectivity index is 1.61. The van der Waals surface area contributed by atoms with Crippen LogP contribution in [0.5, 0.6) is 0 Å². The Morgan fingerprint density at radius 3 is 2.79 bits per heavy atom. The second-order valence-electron chi connectivity index (χ2n) is 6.88. The van der Waals surface area contributed by atoms with Gasteiger partial charge in [0.2, 0.25) is 17.7 Å². The van der Waals surface area contributed by atoms with Crippen molar-refractivity contribution in [2.45, 2.75) is 64.0 Å². The van der Waals surface area contributed by atoms with E-state index in [9.17, 15) is 4.79 Å². The zero-order valence-corrected chi connectivity index (χ0v) is 14.6. The van der Waals surface area contributed by atoms with Crippen LogP contribution >= 0.6 is 0 Å². The molecule has 2 aliphatic rings. The normalized spacial score (nSPS) is 23.0. The standard InChI is InChI=1S/C17H27N3O4/c1-12(2)16-18-19-17(24-16)14-10-22-9-8-20(14)15(21)11-23-13-6-4-3-5-7-13/h12-14H,3-11H2,1-2H3/t14-/m0/s1. The number of amides is 1. The van der Waals surface area contributed by atoms with E-state index in [1.165, 1.54) is 19.3 Å².